The fraction of sp³-hybridized carbons (Fsp3) is 0.308. The van der Waals surface area contributed by atoms with Crippen LogP contribution in [0.3, 0.4) is 0 Å². The molecule has 1 N–H and O–H groups in total. The van der Waals surface area contributed by atoms with E-state index >= 15 is 0 Å². The maximum absolute atomic E-state index is 13.1. The number of nitrogens with one attached hydrogen (secondary N) is 1. The minimum absolute atomic E-state index is 0.0555. The van der Waals surface area contributed by atoms with Gasteiger partial charge in [-0.05, 0) is 48.1 Å². The van der Waals surface area contributed by atoms with Crippen molar-refractivity contribution in [2.75, 3.05) is 0 Å². The van der Waals surface area contributed by atoms with Gasteiger partial charge in [0.2, 0.25) is 5.78 Å². The predicted molar refractivity (Wildman–Crippen MR) is 125 cm³/mol. The molecule has 6 nitrogen and oxygen atoms in total. The molecule has 1 atom stereocenters. The minimum atomic E-state index is -4.18. The molecule has 35 heavy (non-hydrogen) atoms. The number of nitrogens with zero attached hydrogens (tertiary/aromatic N) is 4. The number of rotatable bonds is 5. The molecular weight excluding hydrogens is 455 g/mol. The number of alkyl halides is 3. The van der Waals surface area contributed by atoms with Crippen molar-refractivity contribution in [1.29, 1.82) is 0 Å². The second-order valence-electron chi connectivity index (χ2n) is 8.74. The summed E-state index contributed by atoms with van der Waals surface area (Å²) in [5.41, 5.74) is 5.32. The third-order valence-corrected chi connectivity index (χ3v) is 6.49. The molecule has 0 bridgehead atoms. The first kappa shape index (κ1) is 23.0. The van der Waals surface area contributed by atoms with Crippen LogP contribution in [0, 0.1) is 5.92 Å². The summed E-state index contributed by atoms with van der Waals surface area (Å²) in [6.45, 7) is 2.29. The van der Waals surface area contributed by atoms with Crippen molar-refractivity contribution in [3.63, 3.8) is 0 Å². The number of amides is 1. The molecule has 1 unspecified atom stereocenters. The Morgan fingerprint density at radius 3 is 2.71 bits per heavy atom. The van der Waals surface area contributed by atoms with Gasteiger partial charge in [0.15, 0.2) is 0 Å². The van der Waals surface area contributed by atoms with Crippen LogP contribution in [0.1, 0.15) is 46.3 Å². The molecule has 5 rings (SSSR count). The lowest BCUT2D eigenvalue weighted by atomic mass is 9.85. The smallest absolute Gasteiger partial charge is 0.347 e. The second kappa shape index (κ2) is 9.13. The second-order valence-corrected chi connectivity index (χ2v) is 8.74. The van der Waals surface area contributed by atoms with Crippen LogP contribution in [0.5, 0.6) is 0 Å². The number of aromatic nitrogens is 4. The number of halogens is 3. The van der Waals surface area contributed by atoms with Crippen LogP contribution in [0.4, 0.5) is 13.2 Å². The number of hydrogen-bond acceptors (Lipinski definition) is 4. The number of carbonyl (C=O) groups is 1. The van der Waals surface area contributed by atoms with E-state index in [0.29, 0.717) is 42.2 Å². The summed E-state index contributed by atoms with van der Waals surface area (Å²) in [6.07, 6.45) is 1.91. The highest BCUT2D eigenvalue weighted by molar-refractivity contribution is 5.94. The topological polar surface area (TPSA) is 72.2 Å². The van der Waals surface area contributed by atoms with Crippen LogP contribution in [0.25, 0.3) is 16.9 Å². The monoisotopic (exact) mass is 479 g/mol. The van der Waals surface area contributed by atoms with Gasteiger partial charge in [-0.25, -0.2) is 9.97 Å². The van der Waals surface area contributed by atoms with Gasteiger partial charge in [0.1, 0.15) is 5.69 Å². The summed E-state index contributed by atoms with van der Waals surface area (Å²) < 4.78 is 40.9. The van der Waals surface area contributed by atoms with E-state index in [-0.39, 0.29) is 18.7 Å². The van der Waals surface area contributed by atoms with Gasteiger partial charge in [-0.15, -0.1) is 0 Å². The van der Waals surface area contributed by atoms with Crippen molar-refractivity contribution in [3.8, 4) is 11.1 Å². The minimum Gasteiger partial charge on any atom is -0.347 e. The Bertz CT molecular complexity index is 1380. The number of aryl methyl sites for hydroxylation is 2. The quantitative estimate of drug-likeness (QED) is 0.440. The number of pyridine rings is 1. The lowest BCUT2D eigenvalue weighted by Crippen LogP contribution is -2.29. The van der Waals surface area contributed by atoms with Gasteiger partial charge < -0.3 is 5.32 Å². The Kier molecular flexibility index (Phi) is 6.00. The first-order valence-electron chi connectivity index (χ1n) is 11.6. The molecule has 0 radical (unpaired) electrons. The van der Waals surface area contributed by atoms with Gasteiger partial charge >= 0.3 is 6.18 Å². The molecular formula is C26H24F3N5O. The van der Waals surface area contributed by atoms with E-state index in [1.165, 1.54) is 0 Å². The highest BCUT2D eigenvalue weighted by Gasteiger charge is 2.41. The lowest BCUT2D eigenvalue weighted by Gasteiger charge is -2.26. The van der Waals surface area contributed by atoms with Gasteiger partial charge in [-0.2, -0.15) is 13.2 Å². The highest BCUT2D eigenvalue weighted by atomic mass is 19.4. The van der Waals surface area contributed by atoms with E-state index in [1.807, 2.05) is 37.3 Å². The average molecular weight is 480 g/mol. The predicted octanol–water partition coefficient (Wildman–Crippen LogP) is 4.95. The lowest BCUT2D eigenvalue weighted by molar-refractivity contribution is -0.177. The Morgan fingerprint density at radius 2 is 1.97 bits per heavy atom. The first-order chi connectivity index (χ1) is 16.8. The van der Waals surface area contributed by atoms with Crippen molar-refractivity contribution >= 4 is 11.7 Å². The molecule has 3 aromatic heterocycles. The molecule has 180 valence electrons. The molecule has 1 amide bonds. The SMILES string of the molecule is CCc1nc2ncccn2c1C(=O)NCc1ccc(-c2cnc3c(c2)CCC(C(F)(F)F)C3)cc1. The summed E-state index contributed by atoms with van der Waals surface area (Å²) >= 11 is 0. The molecule has 1 aliphatic carbocycles. The first-order valence-corrected chi connectivity index (χ1v) is 11.6. The molecule has 0 saturated heterocycles. The number of fused-ring (bicyclic) bond motifs is 2. The summed E-state index contributed by atoms with van der Waals surface area (Å²) in [5, 5.41) is 2.95. The molecule has 1 aliphatic rings. The fourth-order valence-corrected chi connectivity index (χ4v) is 4.54. The van der Waals surface area contributed by atoms with E-state index < -0.39 is 12.1 Å². The van der Waals surface area contributed by atoms with Gasteiger partial charge in [-0.3, -0.25) is 14.2 Å². The molecule has 3 heterocycles. The molecule has 0 fully saturated rings. The zero-order valence-electron chi connectivity index (χ0n) is 19.1. The van der Waals surface area contributed by atoms with Crippen LogP contribution in [-0.4, -0.2) is 31.4 Å². The number of benzene rings is 1. The Labute approximate surface area is 200 Å². The maximum atomic E-state index is 13.1. The van der Waals surface area contributed by atoms with Crippen LogP contribution < -0.4 is 5.32 Å². The summed E-state index contributed by atoms with van der Waals surface area (Å²) in [5.74, 6) is -1.04. The molecule has 9 heteroatoms. The van der Waals surface area contributed by atoms with E-state index in [1.54, 1.807) is 29.1 Å². The third kappa shape index (κ3) is 4.62. The normalized spacial score (nSPS) is 15.7. The van der Waals surface area contributed by atoms with Crippen molar-refractivity contribution in [3.05, 3.63) is 83.2 Å². The van der Waals surface area contributed by atoms with Crippen LogP contribution in [0.2, 0.25) is 0 Å². The summed E-state index contributed by atoms with van der Waals surface area (Å²) in [4.78, 5) is 25.9. The Hall–Kier alpha value is -3.75. The van der Waals surface area contributed by atoms with Gasteiger partial charge in [0, 0.05) is 42.8 Å². The number of imidazole rings is 1. The molecule has 0 aliphatic heterocycles. The van der Waals surface area contributed by atoms with Crippen molar-refractivity contribution in [2.45, 2.75) is 45.3 Å². The van der Waals surface area contributed by atoms with E-state index in [4.69, 9.17) is 0 Å². The van der Waals surface area contributed by atoms with Crippen molar-refractivity contribution in [1.82, 2.24) is 24.7 Å². The Balaban J connectivity index is 1.27. The van der Waals surface area contributed by atoms with Crippen LogP contribution in [-0.2, 0) is 25.8 Å². The third-order valence-electron chi connectivity index (χ3n) is 6.49. The maximum Gasteiger partial charge on any atom is 0.392 e. The molecule has 4 aromatic rings. The van der Waals surface area contributed by atoms with Crippen molar-refractivity contribution < 1.29 is 18.0 Å². The zero-order valence-corrected chi connectivity index (χ0v) is 19.1. The van der Waals surface area contributed by atoms with Crippen LogP contribution >= 0.6 is 0 Å². The molecule has 0 saturated carbocycles. The van der Waals surface area contributed by atoms with Gasteiger partial charge in [0.25, 0.3) is 5.91 Å². The number of hydrogen-bond donors (Lipinski definition) is 1. The average Bonchev–Trinajstić information content (AvgIpc) is 3.25. The number of carbonyl (C=O) groups excluding carboxylic acids is 1. The van der Waals surface area contributed by atoms with Gasteiger partial charge in [-0.1, -0.05) is 31.2 Å². The zero-order chi connectivity index (χ0) is 24.6. The van der Waals surface area contributed by atoms with E-state index in [2.05, 4.69) is 20.3 Å². The highest BCUT2D eigenvalue weighted by Crippen LogP contribution is 2.37. The van der Waals surface area contributed by atoms with Crippen LogP contribution in [0.15, 0.2) is 55.0 Å². The molecule has 0 spiro atoms. The van der Waals surface area contributed by atoms with Gasteiger partial charge in [0.05, 0.1) is 11.6 Å². The van der Waals surface area contributed by atoms with E-state index in [0.717, 1.165) is 22.3 Å². The Morgan fingerprint density at radius 1 is 1.17 bits per heavy atom. The van der Waals surface area contributed by atoms with Crippen molar-refractivity contribution in [2.24, 2.45) is 5.92 Å². The fourth-order valence-electron chi connectivity index (χ4n) is 4.54. The van der Waals surface area contributed by atoms with E-state index in [9.17, 15) is 18.0 Å². The summed E-state index contributed by atoms with van der Waals surface area (Å²) in [7, 11) is 0. The standard InChI is InChI=1S/C26H24F3N5O/c1-2-21-23(34-11-3-10-30-25(34)33-21)24(35)32-14-16-4-6-17(7-5-16)19-12-18-8-9-20(26(27,28)29)13-22(18)31-15-19/h3-7,10-12,15,20H,2,8-9,13-14H2,1H3,(H,32,35). The molecule has 1 aromatic carbocycles. The summed E-state index contributed by atoms with van der Waals surface area (Å²) in [6, 6.07) is 11.4. The largest absolute Gasteiger partial charge is 0.392 e.